The summed E-state index contributed by atoms with van der Waals surface area (Å²) in [4.78, 5) is 12.8. The van der Waals surface area contributed by atoms with Crippen LogP contribution in [0.5, 0.6) is 23.0 Å². The smallest absolute Gasteiger partial charge is 0.133 e. The molecule has 0 bridgehead atoms. The fraction of sp³-hybridized carbons (Fsp3) is 0.242. The molecule has 184 valence electrons. The number of carbonyl (C=O) groups excluding carboxylic acids is 1. The van der Waals surface area contributed by atoms with Gasteiger partial charge in [-0.3, -0.25) is 4.79 Å². The lowest BCUT2D eigenvalue weighted by atomic mass is 10.0. The highest BCUT2D eigenvalue weighted by Crippen LogP contribution is 2.31. The minimum Gasteiger partial charge on any atom is -0.457 e. The van der Waals surface area contributed by atoms with Crippen molar-refractivity contribution in [2.45, 2.75) is 53.4 Å². The van der Waals surface area contributed by atoms with E-state index in [1.54, 1.807) is 0 Å². The van der Waals surface area contributed by atoms with Gasteiger partial charge in [0.15, 0.2) is 0 Å². The van der Waals surface area contributed by atoms with E-state index in [1.807, 2.05) is 60.7 Å². The Kier molecular flexibility index (Phi) is 8.22. The molecule has 0 atom stereocenters. The first-order chi connectivity index (χ1) is 17.4. The molecule has 4 aromatic carbocycles. The third-order valence-electron chi connectivity index (χ3n) is 6.39. The Labute approximate surface area is 214 Å². The van der Waals surface area contributed by atoms with Gasteiger partial charge in [-0.2, -0.15) is 0 Å². The quantitative estimate of drug-likeness (QED) is 0.229. The normalized spacial score (nSPS) is 10.8. The van der Waals surface area contributed by atoms with E-state index in [1.165, 1.54) is 11.1 Å². The number of aryl methyl sites for hydroxylation is 6. The largest absolute Gasteiger partial charge is 0.457 e. The Morgan fingerprint density at radius 3 is 1.39 bits per heavy atom. The summed E-state index contributed by atoms with van der Waals surface area (Å²) >= 11 is 0. The van der Waals surface area contributed by atoms with Crippen molar-refractivity contribution in [3.05, 3.63) is 118 Å². The van der Waals surface area contributed by atoms with Crippen molar-refractivity contribution in [3.8, 4) is 23.0 Å². The molecule has 0 saturated carbocycles. The first-order valence-electron chi connectivity index (χ1n) is 12.6. The highest BCUT2D eigenvalue weighted by atomic mass is 16.5. The van der Waals surface area contributed by atoms with Gasteiger partial charge in [-0.25, -0.2) is 0 Å². The van der Waals surface area contributed by atoms with E-state index in [0.29, 0.717) is 25.7 Å². The van der Waals surface area contributed by atoms with Gasteiger partial charge >= 0.3 is 0 Å². The van der Waals surface area contributed by atoms with Crippen molar-refractivity contribution in [2.24, 2.45) is 0 Å². The van der Waals surface area contributed by atoms with Gasteiger partial charge in [0.2, 0.25) is 0 Å². The number of hydrogen-bond donors (Lipinski definition) is 0. The highest BCUT2D eigenvalue weighted by molar-refractivity contribution is 5.79. The lowest BCUT2D eigenvalue weighted by molar-refractivity contribution is -0.119. The molecule has 0 aliphatic carbocycles. The third kappa shape index (κ3) is 6.63. The van der Waals surface area contributed by atoms with Crippen LogP contribution in [0.3, 0.4) is 0 Å². The molecule has 0 radical (unpaired) electrons. The molecule has 0 N–H and O–H groups in total. The zero-order valence-electron chi connectivity index (χ0n) is 21.6. The van der Waals surface area contributed by atoms with Crippen LogP contribution >= 0.6 is 0 Å². The maximum absolute atomic E-state index is 12.8. The molecule has 0 heterocycles. The summed E-state index contributed by atoms with van der Waals surface area (Å²) < 4.78 is 12.4. The van der Waals surface area contributed by atoms with E-state index < -0.39 is 0 Å². The standard InChI is InChI=1S/C33H34O3/c1-23-13-19-30(25(3)21-23)35-32-11-7-5-9-27(32)15-17-29(34)18-16-28-10-6-8-12-33(28)36-31-20-14-24(2)22-26(31)4/h5-14,19-22H,15-18H2,1-4H3. The van der Waals surface area contributed by atoms with Gasteiger partial charge in [0.25, 0.3) is 0 Å². The summed E-state index contributed by atoms with van der Waals surface area (Å²) in [5.41, 5.74) is 6.71. The summed E-state index contributed by atoms with van der Waals surface area (Å²) in [5, 5.41) is 0. The predicted octanol–water partition coefficient (Wildman–Crippen LogP) is 8.64. The monoisotopic (exact) mass is 478 g/mol. The zero-order valence-corrected chi connectivity index (χ0v) is 21.6. The molecule has 0 spiro atoms. The highest BCUT2D eigenvalue weighted by Gasteiger charge is 2.12. The lowest BCUT2D eigenvalue weighted by Gasteiger charge is -2.14. The average molecular weight is 479 g/mol. The molecule has 0 unspecified atom stereocenters. The summed E-state index contributed by atoms with van der Waals surface area (Å²) in [5.74, 6) is 3.55. The molecule has 0 fully saturated rings. The maximum atomic E-state index is 12.8. The molecule has 4 aromatic rings. The van der Waals surface area contributed by atoms with Crippen LogP contribution in [0.25, 0.3) is 0 Å². The molecule has 0 saturated heterocycles. The van der Waals surface area contributed by atoms with Crippen LogP contribution in [0.2, 0.25) is 0 Å². The molecule has 3 heteroatoms. The van der Waals surface area contributed by atoms with E-state index in [4.69, 9.17) is 9.47 Å². The summed E-state index contributed by atoms with van der Waals surface area (Å²) in [7, 11) is 0. The van der Waals surface area contributed by atoms with Crippen LogP contribution in [0.1, 0.15) is 46.2 Å². The summed E-state index contributed by atoms with van der Waals surface area (Å²) in [6.45, 7) is 8.25. The minimum atomic E-state index is 0.234. The molecule has 0 aromatic heterocycles. The summed E-state index contributed by atoms with van der Waals surface area (Å²) in [6.07, 6.45) is 2.27. The van der Waals surface area contributed by atoms with Gasteiger partial charge in [0.05, 0.1) is 0 Å². The number of ether oxygens (including phenoxy) is 2. The van der Waals surface area contributed by atoms with E-state index in [2.05, 4.69) is 52.0 Å². The van der Waals surface area contributed by atoms with Crippen molar-refractivity contribution in [2.75, 3.05) is 0 Å². The summed E-state index contributed by atoms with van der Waals surface area (Å²) in [6, 6.07) is 28.3. The maximum Gasteiger partial charge on any atom is 0.133 e. The van der Waals surface area contributed by atoms with Crippen LogP contribution < -0.4 is 9.47 Å². The molecule has 0 amide bonds. The number of rotatable bonds is 10. The molecule has 0 aliphatic heterocycles. The van der Waals surface area contributed by atoms with E-state index in [9.17, 15) is 4.79 Å². The van der Waals surface area contributed by atoms with Crippen molar-refractivity contribution in [3.63, 3.8) is 0 Å². The number of hydrogen-bond acceptors (Lipinski definition) is 3. The second-order valence-corrected chi connectivity index (χ2v) is 9.50. The number of para-hydroxylation sites is 2. The minimum absolute atomic E-state index is 0.234. The van der Waals surface area contributed by atoms with E-state index >= 15 is 0 Å². The molecule has 36 heavy (non-hydrogen) atoms. The van der Waals surface area contributed by atoms with Crippen LogP contribution in [-0.4, -0.2) is 5.78 Å². The fourth-order valence-electron chi connectivity index (χ4n) is 4.36. The van der Waals surface area contributed by atoms with Crippen molar-refractivity contribution >= 4 is 5.78 Å². The van der Waals surface area contributed by atoms with E-state index in [-0.39, 0.29) is 5.78 Å². The molecule has 0 aliphatic rings. The van der Waals surface area contributed by atoms with Crippen molar-refractivity contribution in [1.82, 2.24) is 0 Å². The van der Waals surface area contributed by atoms with Gasteiger partial charge in [-0.15, -0.1) is 0 Å². The van der Waals surface area contributed by atoms with E-state index in [0.717, 1.165) is 45.3 Å². The fourth-order valence-corrected chi connectivity index (χ4v) is 4.36. The SMILES string of the molecule is Cc1ccc(Oc2ccccc2CCC(=O)CCc2ccccc2Oc2ccc(C)cc2C)c(C)c1. The molecular weight excluding hydrogens is 444 g/mol. The first kappa shape index (κ1) is 25.2. The van der Waals surface area contributed by atoms with Crippen LogP contribution in [0.15, 0.2) is 84.9 Å². The number of benzene rings is 4. The predicted molar refractivity (Wildman–Crippen MR) is 147 cm³/mol. The Hall–Kier alpha value is -3.85. The Balaban J connectivity index is 1.36. The van der Waals surface area contributed by atoms with Crippen LogP contribution in [0.4, 0.5) is 0 Å². The Morgan fingerprint density at radius 2 is 0.972 bits per heavy atom. The number of ketones is 1. The molecule has 4 rings (SSSR count). The zero-order chi connectivity index (χ0) is 25.5. The van der Waals surface area contributed by atoms with Crippen molar-refractivity contribution < 1.29 is 14.3 Å². The Morgan fingerprint density at radius 1 is 0.556 bits per heavy atom. The first-order valence-corrected chi connectivity index (χ1v) is 12.6. The molecular formula is C33H34O3. The van der Waals surface area contributed by atoms with Gasteiger partial charge in [-0.05, 0) is 87.1 Å². The van der Waals surface area contributed by atoms with Crippen molar-refractivity contribution in [1.29, 1.82) is 0 Å². The second-order valence-electron chi connectivity index (χ2n) is 9.50. The number of Topliss-reactive ketones (excluding diaryl/α,β-unsaturated/α-hetero) is 1. The van der Waals surface area contributed by atoms with Gasteiger partial charge < -0.3 is 9.47 Å². The second kappa shape index (κ2) is 11.7. The van der Waals surface area contributed by atoms with Gasteiger partial charge in [0, 0.05) is 12.8 Å². The third-order valence-corrected chi connectivity index (χ3v) is 6.39. The van der Waals surface area contributed by atoms with Crippen LogP contribution in [0, 0.1) is 27.7 Å². The molecule has 3 nitrogen and oxygen atoms in total. The lowest BCUT2D eigenvalue weighted by Crippen LogP contribution is -2.04. The van der Waals surface area contributed by atoms with Gasteiger partial charge in [0.1, 0.15) is 28.8 Å². The van der Waals surface area contributed by atoms with Crippen LogP contribution in [-0.2, 0) is 17.6 Å². The topological polar surface area (TPSA) is 35.5 Å². The average Bonchev–Trinajstić information content (AvgIpc) is 2.86. The van der Waals surface area contributed by atoms with Gasteiger partial charge in [-0.1, -0.05) is 71.8 Å². The Bertz CT molecular complexity index is 1250. The number of carbonyl (C=O) groups is 1.